The zero-order valence-corrected chi connectivity index (χ0v) is 14.8. The van der Waals surface area contributed by atoms with Crippen molar-refractivity contribution in [1.82, 2.24) is 0 Å². The summed E-state index contributed by atoms with van der Waals surface area (Å²) in [6.07, 6.45) is 1.86. The van der Waals surface area contributed by atoms with Gasteiger partial charge in [-0.3, -0.25) is 0 Å². The van der Waals surface area contributed by atoms with Crippen molar-refractivity contribution in [2.75, 3.05) is 13.2 Å². The molecule has 2 rings (SSSR count). The summed E-state index contributed by atoms with van der Waals surface area (Å²) in [5, 5.41) is 9.49. The summed E-state index contributed by atoms with van der Waals surface area (Å²) in [4.78, 5) is 0. The molecule has 0 aliphatic rings. The zero-order valence-electron chi connectivity index (χ0n) is 13.2. The smallest absolute Gasteiger partial charge is 0.161 e. The summed E-state index contributed by atoms with van der Waals surface area (Å²) >= 11 is 3.41. The Kier molecular flexibility index (Phi) is 6.25. The van der Waals surface area contributed by atoms with E-state index in [0.717, 1.165) is 15.6 Å². The molecule has 0 atom stereocenters. The van der Waals surface area contributed by atoms with E-state index in [1.165, 1.54) is 0 Å². The molecule has 2 aromatic carbocycles. The summed E-state index contributed by atoms with van der Waals surface area (Å²) in [5.74, 6) is 1.35. The zero-order chi connectivity index (χ0) is 16.7. The van der Waals surface area contributed by atoms with Crippen molar-refractivity contribution in [1.29, 1.82) is 5.26 Å². The lowest BCUT2D eigenvalue weighted by atomic mass is 10.0. The van der Waals surface area contributed by atoms with Crippen LogP contribution >= 0.6 is 15.9 Å². The first-order valence-corrected chi connectivity index (χ1v) is 8.24. The van der Waals surface area contributed by atoms with Gasteiger partial charge < -0.3 is 9.47 Å². The number of nitriles is 1. The largest absolute Gasteiger partial charge is 0.490 e. The van der Waals surface area contributed by atoms with E-state index >= 15 is 0 Å². The fourth-order valence-electron chi connectivity index (χ4n) is 2.12. The van der Waals surface area contributed by atoms with Crippen molar-refractivity contribution < 1.29 is 9.47 Å². The van der Waals surface area contributed by atoms with Crippen LogP contribution in [-0.2, 0) is 0 Å². The van der Waals surface area contributed by atoms with Gasteiger partial charge >= 0.3 is 0 Å². The van der Waals surface area contributed by atoms with Crippen molar-refractivity contribution >= 4 is 27.6 Å². The van der Waals surface area contributed by atoms with E-state index in [9.17, 15) is 5.26 Å². The average molecular weight is 372 g/mol. The van der Waals surface area contributed by atoms with E-state index in [0.29, 0.717) is 30.3 Å². The first kappa shape index (κ1) is 17.1. The quantitative estimate of drug-likeness (QED) is 0.510. The number of nitrogens with zero attached hydrogens (tertiary/aromatic N) is 1. The third-order valence-corrected chi connectivity index (χ3v) is 3.68. The van der Waals surface area contributed by atoms with Gasteiger partial charge in [0.1, 0.15) is 0 Å². The normalized spacial score (nSPS) is 11.0. The second kappa shape index (κ2) is 8.40. The van der Waals surface area contributed by atoms with Crippen molar-refractivity contribution in [3.05, 3.63) is 58.1 Å². The predicted octanol–water partition coefficient (Wildman–Crippen LogP) is 5.31. The highest BCUT2D eigenvalue weighted by atomic mass is 79.9. The topological polar surface area (TPSA) is 42.2 Å². The molecule has 0 spiro atoms. The monoisotopic (exact) mass is 371 g/mol. The van der Waals surface area contributed by atoms with Crippen molar-refractivity contribution in [3.8, 4) is 17.6 Å². The Morgan fingerprint density at radius 3 is 2.30 bits per heavy atom. The van der Waals surface area contributed by atoms with Gasteiger partial charge in [0.05, 0.1) is 24.9 Å². The van der Waals surface area contributed by atoms with E-state index in [4.69, 9.17) is 9.47 Å². The maximum absolute atomic E-state index is 9.49. The molecule has 3 nitrogen and oxygen atoms in total. The van der Waals surface area contributed by atoms with Crippen LogP contribution in [0.3, 0.4) is 0 Å². The third-order valence-electron chi connectivity index (χ3n) is 3.16. The lowest BCUT2D eigenvalue weighted by Gasteiger charge is -2.12. The molecule has 0 aliphatic carbocycles. The SMILES string of the molecule is CCOc1ccc(C(C#N)=Cc2ccc(Br)cc2)cc1OCC. The van der Waals surface area contributed by atoms with Crippen LogP contribution in [0.2, 0.25) is 0 Å². The molecule has 0 saturated carbocycles. The molecule has 4 heteroatoms. The van der Waals surface area contributed by atoms with E-state index in [1.54, 1.807) is 0 Å². The van der Waals surface area contributed by atoms with Gasteiger partial charge in [0.2, 0.25) is 0 Å². The number of ether oxygens (including phenoxy) is 2. The van der Waals surface area contributed by atoms with Gasteiger partial charge in [-0.1, -0.05) is 28.1 Å². The Morgan fingerprint density at radius 1 is 1.04 bits per heavy atom. The molecule has 0 aromatic heterocycles. The molecule has 0 bridgehead atoms. The number of allylic oxidation sites excluding steroid dienone is 1. The number of benzene rings is 2. The molecular formula is C19H18BrNO2. The van der Waals surface area contributed by atoms with Crippen molar-refractivity contribution in [3.63, 3.8) is 0 Å². The lowest BCUT2D eigenvalue weighted by molar-refractivity contribution is 0.287. The Bertz CT molecular complexity index is 730. The van der Waals surface area contributed by atoms with Gasteiger partial charge in [-0.25, -0.2) is 0 Å². The Hall–Kier alpha value is -2.25. The number of rotatable bonds is 6. The molecule has 0 amide bonds. The fourth-order valence-corrected chi connectivity index (χ4v) is 2.39. The summed E-state index contributed by atoms with van der Waals surface area (Å²) in [6.45, 7) is 4.96. The van der Waals surface area contributed by atoms with Gasteiger partial charge in [0.25, 0.3) is 0 Å². The van der Waals surface area contributed by atoms with E-state index in [2.05, 4.69) is 22.0 Å². The van der Waals surface area contributed by atoms with Gasteiger partial charge in [-0.05, 0) is 61.4 Å². The third kappa shape index (κ3) is 4.61. The summed E-state index contributed by atoms with van der Waals surface area (Å²) in [5.41, 5.74) is 2.36. The highest BCUT2D eigenvalue weighted by Gasteiger charge is 2.09. The Balaban J connectivity index is 2.39. The van der Waals surface area contributed by atoms with Crippen LogP contribution in [-0.4, -0.2) is 13.2 Å². The van der Waals surface area contributed by atoms with Crippen LogP contribution in [0.5, 0.6) is 11.5 Å². The minimum Gasteiger partial charge on any atom is -0.490 e. The maximum atomic E-state index is 9.49. The molecule has 118 valence electrons. The second-order valence-corrected chi connectivity index (χ2v) is 5.66. The van der Waals surface area contributed by atoms with E-state index < -0.39 is 0 Å². The highest BCUT2D eigenvalue weighted by Crippen LogP contribution is 2.31. The van der Waals surface area contributed by atoms with Crippen LogP contribution in [0.4, 0.5) is 0 Å². The van der Waals surface area contributed by atoms with Gasteiger partial charge in [0, 0.05) is 4.47 Å². The molecule has 0 N–H and O–H groups in total. The van der Waals surface area contributed by atoms with Gasteiger partial charge in [-0.15, -0.1) is 0 Å². The van der Waals surface area contributed by atoms with Crippen LogP contribution in [0.25, 0.3) is 11.6 Å². The molecule has 23 heavy (non-hydrogen) atoms. The van der Waals surface area contributed by atoms with E-state index in [-0.39, 0.29) is 0 Å². The Morgan fingerprint density at radius 2 is 1.70 bits per heavy atom. The molecule has 2 aromatic rings. The average Bonchev–Trinajstić information content (AvgIpc) is 2.56. The van der Waals surface area contributed by atoms with Crippen LogP contribution in [0.1, 0.15) is 25.0 Å². The number of hydrogen-bond donors (Lipinski definition) is 0. The molecule has 0 fully saturated rings. The minimum absolute atomic E-state index is 0.543. The number of halogens is 1. The summed E-state index contributed by atoms with van der Waals surface area (Å²) < 4.78 is 12.2. The second-order valence-electron chi connectivity index (χ2n) is 4.75. The fraction of sp³-hybridized carbons (Fsp3) is 0.211. The number of hydrogen-bond acceptors (Lipinski definition) is 3. The summed E-state index contributed by atoms with van der Waals surface area (Å²) in [6, 6.07) is 15.6. The molecule has 0 unspecified atom stereocenters. The minimum atomic E-state index is 0.543. The molecule has 0 saturated heterocycles. The van der Waals surface area contributed by atoms with Crippen LogP contribution in [0, 0.1) is 11.3 Å². The predicted molar refractivity (Wildman–Crippen MR) is 96.4 cm³/mol. The van der Waals surface area contributed by atoms with Crippen molar-refractivity contribution in [2.45, 2.75) is 13.8 Å². The first-order chi connectivity index (χ1) is 11.2. The van der Waals surface area contributed by atoms with E-state index in [1.807, 2.05) is 62.4 Å². The van der Waals surface area contributed by atoms with Crippen LogP contribution in [0.15, 0.2) is 46.9 Å². The Labute approximate surface area is 145 Å². The van der Waals surface area contributed by atoms with Gasteiger partial charge in [0.15, 0.2) is 11.5 Å². The highest BCUT2D eigenvalue weighted by molar-refractivity contribution is 9.10. The van der Waals surface area contributed by atoms with Gasteiger partial charge in [-0.2, -0.15) is 5.26 Å². The molecule has 0 radical (unpaired) electrons. The summed E-state index contributed by atoms with van der Waals surface area (Å²) in [7, 11) is 0. The molecular weight excluding hydrogens is 354 g/mol. The standard InChI is InChI=1S/C19H18BrNO2/c1-3-22-18-10-7-15(12-19(18)23-4-2)16(13-21)11-14-5-8-17(20)9-6-14/h5-12H,3-4H2,1-2H3. The molecule has 0 heterocycles. The molecule has 0 aliphatic heterocycles. The van der Waals surface area contributed by atoms with Crippen molar-refractivity contribution in [2.24, 2.45) is 0 Å². The maximum Gasteiger partial charge on any atom is 0.161 e. The first-order valence-electron chi connectivity index (χ1n) is 7.45. The van der Waals surface area contributed by atoms with Crippen LogP contribution < -0.4 is 9.47 Å². The lowest BCUT2D eigenvalue weighted by Crippen LogP contribution is -1.99.